The molecule has 0 aliphatic rings. The lowest BCUT2D eigenvalue weighted by atomic mass is 10.0. The molecular weight excluding hydrogens is 204 g/mol. The van der Waals surface area contributed by atoms with E-state index in [2.05, 4.69) is 29.0 Å². The van der Waals surface area contributed by atoms with E-state index in [-0.39, 0.29) is 11.9 Å². The van der Waals surface area contributed by atoms with Crippen molar-refractivity contribution in [2.45, 2.75) is 26.7 Å². The standard InChI is InChI=1S/C11H14N4O/c1-6(2)10-8(5-13-11(12)14-10)9-4-7(3)15-16-9/h4-6H,1-3H3,(H2,12,13,14). The average Bonchev–Trinajstić information content (AvgIpc) is 2.64. The highest BCUT2D eigenvalue weighted by Gasteiger charge is 2.15. The van der Waals surface area contributed by atoms with E-state index in [4.69, 9.17) is 10.3 Å². The summed E-state index contributed by atoms with van der Waals surface area (Å²) in [5.74, 6) is 1.22. The Morgan fingerprint density at radius 1 is 1.38 bits per heavy atom. The Labute approximate surface area is 93.7 Å². The van der Waals surface area contributed by atoms with E-state index in [0.717, 1.165) is 17.0 Å². The summed E-state index contributed by atoms with van der Waals surface area (Å²) in [6.07, 6.45) is 1.68. The van der Waals surface area contributed by atoms with E-state index >= 15 is 0 Å². The smallest absolute Gasteiger partial charge is 0.220 e. The number of rotatable bonds is 2. The molecule has 0 atom stereocenters. The minimum atomic E-state index is 0.255. The van der Waals surface area contributed by atoms with Crippen LogP contribution in [0.25, 0.3) is 11.3 Å². The molecule has 2 heterocycles. The van der Waals surface area contributed by atoms with Crippen molar-refractivity contribution in [2.75, 3.05) is 5.73 Å². The second-order valence-electron chi connectivity index (χ2n) is 4.01. The van der Waals surface area contributed by atoms with Gasteiger partial charge in [0.15, 0.2) is 5.76 Å². The first kappa shape index (κ1) is 10.6. The van der Waals surface area contributed by atoms with Crippen LogP contribution in [-0.2, 0) is 0 Å². The zero-order valence-electron chi connectivity index (χ0n) is 9.56. The van der Waals surface area contributed by atoms with Crippen molar-refractivity contribution in [3.05, 3.63) is 23.7 Å². The SMILES string of the molecule is Cc1cc(-c2cnc(N)nc2C(C)C)on1. The van der Waals surface area contributed by atoms with Crippen LogP contribution in [0.2, 0.25) is 0 Å². The van der Waals surface area contributed by atoms with Crippen LogP contribution in [0.1, 0.15) is 31.2 Å². The van der Waals surface area contributed by atoms with Gasteiger partial charge in [0.1, 0.15) is 0 Å². The third-order valence-corrected chi connectivity index (χ3v) is 2.28. The first-order chi connectivity index (χ1) is 7.58. The molecule has 0 aromatic carbocycles. The normalized spacial score (nSPS) is 11.0. The van der Waals surface area contributed by atoms with Crippen LogP contribution >= 0.6 is 0 Å². The van der Waals surface area contributed by atoms with Gasteiger partial charge in [0, 0.05) is 12.3 Å². The zero-order chi connectivity index (χ0) is 11.7. The summed E-state index contributed by atoms with van der Waals surface area (Å²) in [7, 11) is 0. The fraction of sp³-hybridized carbons (Fsp3) is 0.364. The number of nitrogen functional groups attached to an aromatic ring is 1. The van der Waals surface area contributed by atoms with Crippen molar-refractivity contribution < 1.29 is 4.52 Å². The Morgan fingerprint density at radius 2 is 2.12 bits per heavy atom. The molecule has 2 aromatic rings. The van der Waals surface area contributed by atoms with Crippen molar-refractivity contribution >= 4 is 5.95 Å². The van der Waals surface area contributed by atoms with E-state index < -0.39 is 0 Å². The Bertz CT molecular complexity index is 504. The largest absolute Gasteiger partial charge is 0.368 e. The van der Waals surface area contributed by atoms with Gasteiger partial charge in [-0.2, -0.15) is 0 Å². The van der Waals surface area contributed by atoms with Gasteiger partial charge in [0.2, 0.25) is 5.95 Å². The molecule has 0 saturated carbocycles. The molecule has 16 heavy (non-hydrogen) atoms. The Kier molecular flexibility index (Phi) is 2.60. The quantitative estimate of drug-likeness (QED) is 0.835. The molecule has 0 bridgehead atoms. The third-order valence-electron chi connectivity index (χ3n) is 2.28. The second kappa shape index (κ2) is 3.92. The summed E-state index contributed by atoms with van der Waals surface area (Å²) in [5, 5.41) is 3.85. The highest BCUT2D eigenvalue weighted by atomic mass is 16.5. The maximum Gasteiger partial charge on any atom is 0.220 e. The van der Waals surface area contributed by atoms with Gasteiger partial charge in [0.05, 0.1) is 17.0 Å². The molecule has 2 N–H and O–H groups in total. The van der Waals surface area contributed by atoms with E-state index in [0.29, 0.717) is 5.76 Å². The summed E-state index contributed by atoms with van der Waals surface area (Å²) in [6.45, 7) is 5.98. The molecule has 0 amide bonds. The molecule has 2 aromatic heterocycles. The van der Waals surface area contributed by atoms with Crippen LogP contribution in [0.15, 0.2) is 16.8 Å². The van der Waals surface area contributed by atoms with Gasteiger partial charge in [-0.15, -0.1) is 0 Å². The van der Waals surface area contributed by atoms with Crippen molar-refractivity contribution in [1.82, 2.24) is 15.1 Å². The summed E-state index contributed by atoms with van der Waals surface area (Å²) >= 11 is 0. The van der Waals surface area contributed by atoms with Crippen molar-refractivity contribution in [3.63, 3.8) is 0 Å². The summed E-state index contributed by atoms with van der Waals surface area (Å²) in [5.41, 5.74) is 8.14. The molecule has 0 fully saturated rings. The highest BCUT2D eigenvalue weighted by Crippen LogP contribution is 2.27. The monoisotopic (exact) mass is 218 g/mol. The van der Waals surface area contributed by atoms with Gasteiger partial charge in [-0.3, -0.25) is 0 Å². The van der Waals surface area contributed by atoms with Gasteiger partial charge in [-0.1, -0.05) is 19.0 Å². The first-order valence-corrected chi connectivity index (χ1v) is 5.14. The minimum absolute atomic E-state index is 0.255. The van der Waals surface area contributed by atoms with E-state index in [1.165, 1.54) is 0 Å². The number of hydrogen-bond donors (Lipinski definition) is 1. The van der Waals surface area contributed by atoms with Crippen LogP contribution in [-0.4, -0.2) is 15.1 Å². The Balaban J connectivity index is 2.56. The first-order valence-electron chi connectivity index (χ1n) is 5.14. The van der Waals surface area contributed by atoms with E-state index in [1.807, 2.05) is 13.0 Å². The Hall–Kier alpha value is -1.91. The maximum absolute atomic E-state index is 5.58. The van der Waals surface area contributed by atoms with Crippen LogP contribution in [0.5, 0.6) is 0 Å². The van der Waals surface area contributed by atoms with Crippen LogP contribution in [0.3, 0.4) is 0 Å². The predicted molar refractivity (Wildman–Crippen MR) is 60.8 cm³/mol. The number of aromatic nitrogens is 3. The maximum atomic E-state index is 5.58. The second-order valence-corrected chi connectivity index (χ2v) is 4.01. The minimum Gasteiger partial charge on any atom is -0.368 e. The fourth-order valence-corrected chi connectivity index (χ4v) is 1.53. The molecule has 0 aliphatic heterocycles. The zero-order valence-corrected chi connectivity index (χ0v) is 9.56. The van der Waals surface area contributed by atoms with Crippen LogP contribution in [0.4, 0.5) is 5.95 Å². The topological polar surface area (TPSA) is 77.8 Å². The van der Waals surface area contributed by atoms with Crippen LogP contribution < -0.4 is 5.73 Å². The van der Waals surface area contributed by atoms with Gasteiger partial charge in [-0.05, 0) is 12.8 Å². The molecule has 2 rings (SSSR count). The summed E-state index contributed by atoms with van der Waals surface area (Å²) < 4.78 is 5.21. The number of aryl methyl sites for hydroxylation is 1. The highest BCUT2D eigenvalue weighted by molar-refractivity contribution is 5.60. The van der Waals surface area contributed by atoms with Gasteiger partial charge in [0.25, 0.3) is 0 Å². The molecule has 0 radical (unpaired) electrons. The van der Waals surface area contributed by atoms with Crippen molar-refractivity contribution in [1.29, 1.82) is 0 Å². The number of anilines is 1. The average molecular weight is 218 g/mol. The number of nitrogens with zero attached hydrogens (tertiary/aromatic N) is 3. The fourth-order valence-electron chi connectivity index (χ4n) is 1.53. The number of nitrogens with two attached hydrogens (primary N) is 1. The lowest BCUT2D eigenvalue weighted by molar-refractivity contribution is 0.426. The molecule has 0 aliphatic carbocycles. The van der Waals surface area contributed by atoms with Gasteiger partial charge in [-0.25, -0.2) is 9.97 Å². The molecule has 5 nitrogen and oxygen atoms in total. The molecule has 5 heteroatoms. The van der Waals surface area contributed by atoms with E-state index in [9.17, 15) is 0 Å². The molecule has 0 saturated heterocycles. The predicted octanol–water partition coefficient (Wildman–Crippen LogP) is 2.15. The summed E-state index contributed by atoms with van der Waals surface area (Å²) in [4.78, 5) is 8.22. The molecular formula is C11H14N4O. The van der Waals surface area contributed by atoms with Gasteiger partial charge >= 0.3 is 0 Å². The van der Waals surface area contributed by atoms with Crippen molar-refractivity contribution in [2.24, 2.45) is 0 Å². The lowest BCUT2D eigenvalue weighted by Crippen LogP contribution is -2.02. The summed E-state index contributed by atoms with van der Waals surface area (Å²) in [6, 6.07) is 1.86. The lowest BCUT2D eigenvalue weighted by Gasteiger charge is -2.08. The van der Waals surface area contributed by atoms with Gasteiger partial charge < -0.3 is 10.3 Å². The van der Waals surface area contributed by atoms with Crippen molar-refractivity contribution in [3.8, 4) is 11.3 Å². The number of hydrogen-bond acceptors (Lipinski definition) is 5. The molecule has 84 valence electrons. The van der Waals surface area contributed by atoms with E-state index in [1.54, 1.807) is 6.20 Å². The molecule has 0 unspecified atom stereocenters. The van der Waals surface area contributed by atoms with Crippen LogP contribution in [0, 0.1) is 6.92 Å². The Morgan fingerprint density at radius 3 is 2.69 bits per heavy atom. The third kappa shape index (κ3) is 1.88. The molecule has 0 spiro atoms.